The number of thiophene rings is 1. The van der Waals surface area contributed by atoms with Crippen LogP contribution < -0.4 is 0 Å². The van der Waals surface area contributed by atoms with Crippen LogP contribution in [0.1, 0.15) is 38.6 Å². The molecule has 30 heavy (non-hydrogen) atoms. The monoisotopic (exact) mass is 420 g/mol. The minimum absolute atomic E-state index is 0.216. The van der Waals surface area contributed by atoms with Crippen molar-refractivity contribution in [2.24, 2.45) is 0 Å². The van der Waals surface area contributed by atoms with Crippen molar-refractivity contribution in [3.8, 4) is 0 Å². The molecule has 2 aromatic carbocycles. The molecule has 5 heteroatoms. The molecule has 4 nitrogen and oxygen atoms in total. The van der Waals surface area contributed by atoms with E-state index in [1.807, 2.05) is 13.0 Å². The number of hydrogen-bond acceptors (Lipinski definition) is 5. The van der Waals surface area contributed by atoms with Crippen LogP contribution in [-0.4, -0.2) is 48.6 Å². The van der Waals surface area contributed by atoms with Gasteiger partial charge in [-0.25, -0.2) is 4.79 Å². The van der Waals surface area contributed by atoms with Crippen molar-refractivity contribution in [2.75, 3.05) is 32.8 Å². The van der Waals surface area contributed by atoms with Gasteiger partial charge in [-0.3, -0.25) is 9.80 Å². The highest BCUT2D eigenvalue weighted by Crippen LogP contribution is 2.30. The molecule has 3 aromatic rings. The van der Waals surface area contributed by atoms with Crippen LogP contribution in [0.4, 0.5) is 0 Å². The lowest BCUT2D eigenvalue weighted by Crippen LogP contribution is -2.47. The Kier molecular flexibility index (Phi) is 6.95. The Labute approximate surface area is 182 Å². The number of benzene rings is 2. The van der Waals surface area contributed by atoms with Crippen LogP contribution in [0.3, 0.4) is 0 Å². The van der Waals surface area contributed by atoms with Gasteiger partial charge in [-0.15, -0.1) is 11.3 Å². The number of esters is 1. The molecular weight excluding hydrogens is 392 g/mol. The van der Waals surface area contributed by atoms with E-state index in [1.54, 1.807) is 11.3 Å². The third kappa shape index (κ3) is 4.98. The summed E-state index contributed by atoms with van der Waals surface area (Å²) < 4.78 is 5.11. The van der Waals surface area contributed by atoms with E-state index in [2.05, 4.69) is 76.5 Å². The largest absolute Gasteiger partial charge is 0.462 e. The normalized spacial score (nSPS) is 15.4. The number of carbonyl (C=O) groups excluding carboxylic acids is 1. The van der Waals surface area contributed by atoms with Crippen LogP contribution in [0.5, 0.6) is 0 Å². The van der Waals surface area contributed by atoms with Gasteiger partial charge in [0.05, 0.1) is 12.6 Å². The van der Waals surface area contributed by atoms with Gasteiger partial charge in [0.1, 0.15) is 4.88 Å². The summed E-state index contributed by atoms with van der Waals surface area (Å²) >= 11 is 1.55. The van der Waals surface area contributed by atoms with Gasteiger partial charge in [0.25, 0.3) is 0 Å². The van der Waals surface area contributed by atoms with Gasteiger partial charge >= 0.3 is 5.97 Å². The molecule has 1 fully saturated rings. The minimum Gasteiger partial charge on any atom is -0.462 e. The first-order valence-electron chi connectivity index (χ1n) is 10.6. The molecule has 0 unspecified atom stereocenters. The zero-order valence-electron chi connectivity index (χ0n) is 17.4. The lowest BCUT2D eigenvalue weighted by molar-refractivity contribution is 0.0532. The van der Waals surface area contributed by atoms with Gasteiger partial charge in [-0.1, -0.05) is 60.7 Å². The maximum atomic E-state index is 11.9. The van der Waals surface area contributed by atoms with Gasteiger partial charge in [-0.05, 0) is 30.2 Å². The second kappa shape index (κ2) is 10.0. The van der Waals surface area contributed by atoms with Crippen molar-refractivity contribution < 1.29 is 9.53 Å². The number of carbonyl (C=O) groups is 1. The van der Waals surface area contributed by atoms with Crippen LogP contribution in [0.15, 0.2) is 72.8 Å². The topological polar surface area (TPSA) is 32.8 Å². The molecule has 4 rings (SSSR count). The van der Waals surface area contributed by atoms with E-state index in [-0.39, 0.29) is 12.0 Å². The van der Waals surface area contributed by atoms with Gasteiger partial charge < -0.3 is 4.74 Å². The molecule has 1 aliphatic heterocycles. The van der Waals surface area contributed by atoms with Crippen molar-refractivity contribution in [3.05, 3.63) is 93.7 Å². The molecule has 156 valence electrons. The summed E-state index contributed by atoms with van der Waals surface area (Å²) in [6, 6.07) is 25.8. The lowest BCUT2D eigenvalue weighted by Gasteiger charge is -2.39. The summed E-state index contributed by atoms with van der Waals surface area (Å²) in [5, 5.41) is 0. The fourth-order valence-electron chi connectivity index (χ4n) is 4.06. The molecule has 0 amide bonds. The summed E-state index contributed by atoms with van der Waals surface area (Å²) in [4.78, 5) is 18.9. The molecule has 1 aromatic heterocycles. The fourth-order valence-corrected chi connectivity index (χ4v) is 5.00. The summed E-state index contributed by atoms with van der Waals surface area (Å²) in [5.74, 6) is -0.216. The Morgan fingerprint density at radius 3 is 2.07 bits per heavy atom. The van der Waals surface area contributed by atoms with Gasteiger partial charge in [0.2, 0.25) is 0 Å². The van der Waals surface area contributed by atoms with Crippen molar-refractivity contribution in [1.82, 2.24) is 9.80 Å². The van der Waals surface area contributed by atoms with E-state index < -0.39 is 0 Å². The molecular formula is C25H28N2O2S. The quantitative estimate of drug-likeness (QED) is 0.513. The first-order valence-corrected chi connectivity index (χ1v) is 11.4. The number of rotatable bonds is 7. The Morgan fingerprint density at radius 2 is 1.50 bits per heavy atom. The molecule has 0 spiro atoms. The van der Waals surface area contributed by atoms with Crippen LogP contribution in [0.2, 0.25) is 0 Å². The van der Waals surface area contributed by atoms with Crippen LogP contribution in [0.25, 0.3) is 0 Å². The lowest BCUT2D eigenvalue weighted by atomic mass is 9.96. The molecule has 0 radical (unpaired) electrons. The van der Waals surface area contributed by atoms with Crippen molar-refractivity contribution in [3.63, 3.8) is 0 Å². The van der Waals surface area contributed by atoms with E-state index >= 15 is 0 Å². The SMILES string of the molecule is CCOC(=O)c1ccc(CN2CCN(C(c3ccccc3)c3ccccc3)CC2)s1. The van der Waals surface area contributed by atoms with Crippen molar-refractivity contribution >= 4 is 17.3 Å². The van der Waals surface area contributed by atoms with Crippen molar-refractivity contribution in [1.29, 1.82) is 0 Å². The molecule has 0 N–H and O–H groups in total. The highest BCUT2D eigenvalue weighted by atomic mass is 32.1. The number of ether oxygens (including phenoxy) is 1. The van der Waals surface area contributed by atoms with E-state index in [0.717, 1.165) is 32.7 Å². The maximum Gasteiger partial charge on any atom is 0.348 e. The minimum atomic E-state index is -0.216. The highest BCUT2D eigenvalue weighted by molar-refractivity contribution is 7.13. The predicted molar refractivity (Wildman–Crippen MR) is 122 cm³/mol. The molecule has 0 bridgehead atoms. The Hall–Kier alpha value is -2.47. The average molecular weight is 421 g/mol. The maximum absolute atomic E-state index is 11.9. The molecule has 0 atom stereocenters. The van der Waals surface area contributed by atoms with Crippen LogP contribution >= 0.6 is 11.3 Å². The smallest absolute Gasteiger partial charge is 0.348 e. The highest BCUT2D eigenvalue weighted by Gasteiger charge is 2.26. The zero-order chi connectivity index (χ0) is 20.8. The van der Waals surface area contributed by atoms with E-state index in [9.17, 15) is 4.79 Å². The Balaban J connectivity index is 1.41. The van der Waals surface area contributed by atoms with E-state index in [1.165, 1.54) is 16.0 Å². The molecule has 0 aliphatic carbocycles. The van der Waals surface area contributed by atoms with E-state index in [4.69, 9.17) is 4.74 Å². The molecule has 1 saturated heterocycles. The Bertz CT molecular complexity index is 895. The van der Waals surface area contributed by atoms with Crippen LogP contribution in [0, 0.1) is 0 Å². The average Bonchev–Trinajstić information content (AvgIpc) is 3.26. The summed E-state index contributed by atoms with van der Waals surface area (Å²) in [7, 11) is 0. The third-order valence-electron chi connectivity index (χ3n) is 5.52. The van der Waals surface area contributed by atoms with Gasteiger partial charge in [0.15, 0.2) is 0 Å². The first kappa shape index (κ1) is 20.8. The fraction of sp³-hybridized carbons (Fsp3) is 0.320. The van der Waals surface area contributed by atoms with Gasteiger partial charge in [-0.2, -0.15) is 0 Å². The first-order chi connectivity index (χ1) is 14.7. The Morgan fingerprint density at radius 1 is 0.900 bits per heavy atom. The van der Waals surface area contributed by atoms with Crippen molar-refractivity contribution in [2.45, 2.75) is 19.5 Å². The number of hydrogen-bond donors (Lipinski definition) is 0. The standard InChI is InChI=1S/C25H28N2O2S/c1-2-29-25(28)23-14-13-22(30-23)19-26-15-17-27(18-16-26)24(20-9-5-3-6-10-20)21-11-7-4-8-12-21/h3-14,24H,2,15-19H2,1H3. The number of nitrogens with zero attached hydrogens (tertiary/aromatic N) is 2. The van der Waals surface area contributed by atoms with Gasteiger partial charge in [0, 0.05) is 37.6 Å². The zero-order valence-corrected chi connectivity index (χ0v) is 18.2. The predicted octanol–water partition coefficient (Wildman–Crippen LogP) is 4.83. The molecule has 1 aliphatic rings. The third-order valence-corrected chi connectivity index (χ3v) is 6.57. The number of piperazine rings is 1. The second-order valence-corrected chi connectivity index (χ2v) is 8.69. The summed E-state index contributed by atoms with van der Waals surface area (Å²) in [6.45, 7) is 7.21. The summed E-state index contributed by atoms with van der Waals surface area (Å²) in [5.41, 5.74) is 2.68. The summed E-state index contributed by atoms with van der Waals surface area (Å²) in [6.07, 6.45) is 0. The molecule has 2 heterocycles. The second-order valence-electron chi connectivity index (χ2n) is 7.52. The van der Waals surface area contributed by atoms with E-state index in [0.29, 0.717) is 11.5 Å². The molecule has 0 saturated carbocycles. The van der Waals surface area contributed by atoms with Crippen LogP contribution in [-0.2, 0) is 11.3 Å².